The van der Waals surface area contributed by atoms with Gasteiger partial charge in [-0.15, -0.1) is 11.3 Å². The van der Waals surface area contributed by atoms with Crippen LogP contribution in [-0.2, 0) is 11.3 Å². The maximum absolute atomic E-state index is 6.14. The number of nitrogens with zero attached hydrogens (tertiary/aromatic N) is 2. The topological polar surface area (TPSA) is 39.1 Å². The average molecular weight is 320 g/mol. The molecule has 104 valence electrons. The van der Waals surface area contributed by atoms with E-state index in [1.807, 2.05) is 23.9 Å². The first-order valence-electron chi connectivity index (χ1n) is 5.83. The first-order chi connectivity index (χ1) is 9.10. The first-order valence-corrected chi connectivity index (χ1v) is 7.40. The van der Waals surface area contributed by atoms with E-state index in [2.05, 4.69) is 10.4 Å². The lowest BCUT2D eigenvalue weighted by molar-refractivity contribution is 0.183. The van der Waals surface area contributed by atoms with Gasteiger partial charge < -0.3 is 10.1 Å². The fourth-order valence-electron chi connectivity index (χ4n) is 1.72. The Morgan fingerprint density at radius 3 is 2.95 bits per heavy atom. The Bertz CT molecular complexity index is 541. The number of hydrogen-bond acceptors (Lipinski definition) is 4. The van der Waals surface area contributed by atoms with Gasteiger partial charge in [0, 0.05) is 18.9 Å². The van der Waals surface area contributed by atoms with Crippen molar-refractivity contribution in [3.63, 3.8) is 0 Å². The highest BCUT2D eigenvalue weighted by Gasteiger charge is 2.13. The van der Waals surface area contributed by atoms with Gasteiger partial charge in [-0.3, -0.25) is 4.68 Å². The zero-order chi connectivity index (χ0) is 13.8. The fraction of sp³-hybridized carbons (Fsp3) is 0.417. The highest BCUT2D eigenvalue weighted by molar-refractivity contribution is 7.20. The lowest BCUT2D eigenvalue weighted by Crippen LogP contribution is -2.06. The number of thiophene rings is 1. The van der Waals surface area contributed by atoms with Gasteiger partial charge in [0.15, 0.2) is 0 Å². The second-order valence-corrected chi connectivity index (χ2v) is 6.42. The Morgan fingerprint density at radius 1 is 1.53 bits per heavy atom. The van der Waals surface area contributed by atoms with Crippen LogP contribution < -0.4 is 5.32 Å². The van der Waals surface area contributed by atoms with Gasteiger partial charge in [-0.05, 0) is 13.0 Å². The number of anilines is 1. The van der Waals surface area contributed by atoms with Crippen LogP contribution in [0.15, 0.2) is 18.5 Å². The van der Waals surface area contributed by atoms with Gasteiger partial charge in [0.1, 0.15) is 0 Å². The van der Waals surface area contributed by atoms with E-state index in [1.165, 1.54) is 11.3 Å². The Morgan fingerprint density at radius 2 is 2.32 bits per heavy atom. The Labute approximate surface area is 126 Å². The minimum atomic E-state index is 0.0799. The van der Waals surface area contributed by atoms with Crippen LogP contribution in [0.2, 0.25) is 8.67 Å². The normalized spacial score (nSPS) is 12.6. The molecule has 2 aromatic heterocycles. The lowest BCUT2D eigenvalue weighted by atomic mass is 10.2. The molecular formula is C12H15Cl2N3OS. The van der Waals surface area contributed by atoms with Crippen molar-refractivity contribution in [2.45, 2.75) is 19.5 Å². The van der Waals surface area contributed by atoms with E-state index in [4.69, 9.17) is 27.9 Å². The summed E-state index contributed by atoms with van der Waals surface area (Å²) in [5.41, 5.74) is 1.95. The van der Waals surface area contributed by atoms with Crippen molar-refractivity contribution in [1.82, 2.24) is 9.78 Å². The maximum atomic E-state index is 6.14. The molecule has 0 spiro atoms. The molecule has 0 radical (unpaired) electrons. The average Bonchev–Trinajstić information content (AvgIpc) is 2.93. The second kappa shape index (κ2) is 6.61. The number of ether oxygens (including phenoxy) is 1. The Balaban J connectivity index is 2.00. The summed E-state index contributed by atoms with van der Waals surface area (Å²) in [6.45, 7) is 3.41. The molecule has 19 heavy (non-hydrogen) atoms. The van der Waals surface area contributed by atoms with Crippen LogP contribution in [0.1, 0.15) is 18.5 Å². The molecule has 0 aromatic carbocycles. The zero-order valence-electron chi connectivity index (χ0n) is 10.7. The molecule has 2 aromatic rings. The van der Waals surface area contributed by atoms with E-state index in [9.17, 15) is 0 Å². The predicted molar refractivity (Wildman–Crippen MR) is 80.5 cm³/mol. The highest BCUT2D eigenvalue weighted by atomic mass is 35.5. The molecule has 4 nitrogen and oxygen atoms in total. The van der Waals surface area contributed by atoms with E-state index in [1.54, 1.807) is 13.3 Å². The molecular weight excluding hydrogens is 305 g/mol. The summed E-state index contributed by atoms with van der Waals surface area (Å²) in [6, 6.07) is 1.97. The number of rotatable bonds is 6. The zero-order valence-corrected chi connectivity index (χ0v) is 13.0. The second-order valence-electron chi connectivity index (χ2n) is 4.13. The summed E-state index contributed by atoms with van der Waals surface area (Å²) < 4.78 is 8.26. The summed E-state index contributed by atoms with van der Waals surface area (Å²) in [6.07, 6.45) is 3.73. The van der Waals surface area contributed by atoms with Crippen molar-refractivity contribution in [3.05, 3.63) is 32.7 Å². The van der Waals surface area contributed by atoms with Gasteiger partial charge in [-0.2, -0.15) is 5.10 Å². The molecule has 1 N–H and O–H groups in total. The Hall–Kier alpha value is -0.750. The number of aromatic nitrogens is 2. The van der Waals surface area contributed by atoms with Crippen LogP contribution in [0, 0.1) is 0 Å². The van der Waals surface area contributed by atoms with Crippen LogP contribution in [0.25, 0.3) is 0 Å². The highest BCUT2D eigenvalue weighted by Crippen LogP contribution is 2.35. The molecule has 1 unspecified atom stereocenters. The minimum Gasteiger partial charge on any atom is -0.383 e. The van der Waals surface area contributed by atoms with Crippen molar-refractivity contribution >= 4 is 40.2 Å². The molecule has 0 aliphatic rings. The van der Waals surface area contributed by atoms with E-state index in [-0.39, 0.29) is 6.04 Å². The van der Waals surface area contributed by atoms with Crippen molar-refractivity contribution in [2.75, 3.05) is 19.0 Å². The molecule has 2 rings (SSSR count). The van der Waals surface area contributed by atoms with Crippen LogP contribution in [-0.4, -0.2) is 23.5 Å². The molecule has 0 saturated heterocycles. The molecule has 0 amide bonds. The largest absolute Gasteiger partial charge is 0.383 e. The molecule has 0 aliphatic carbocycles. The number of nitrogens with one attached hydrogen (secondary N) is 1. The van der Waals surface area contributed by atoms with E-state index in [0.717, 1.165) is 22.1 Å². The van der Waals surface area contributed by atoms with E-state index in [0.29, 0.717) is 10.9 Å². The van der Waals surface area contributed by atoms with Gasteiger partial charge in [0.2, 0.25) is 0 Å². The SMILES string of the molecule is COCCn1cc(NC(C)c2cc(Cl)sc2Cl)cn1. The van der Waals surface area contributed by atoms with Crippen molar-refractivity contribution in [1.29, 1.82) is 0 Å². The third-order valence-electron chi connectivity index (χ3n) is 2.69. The molecule has 0 bridgehead atoms. The van der Waals surface area contributed by atoms with Crippen LogP contribution in [0.5, 0.6) is 0 Å². The summed E-state index contributed by atoms with van der Waals surface area (Å²) in [5, 5.41) is 7.59. The fourth-order valence-corrected chi connectivity index (χ4v) is 3.37. The summed E-state index contributed by atoms with van der Waals surface area (Å²) in [4.78, 5) is 0. The van der Waals surface area contributed by atoms with E-state index < -0.39 is 0 Å². The third kappa shape index (κ3) is 3.86. The third-order valence-corrected chi connectivity index (χ3v) is 4.21. The van der Waals surface area contributed by atoms with Gasteiger partial charge in [-0.25, -0.2) is 0 Å². The van der Waals surface area contributed by atoms with Gasteiger partial charge in [0.05, 0.1) is 39.8 Å². The van der Waals surface area contributed by atoms with Crippen LogP contribution >= 0.6 is 34.5 Å². The molecule has 0 saturated carbocycles. The summed E-state index contributed by atoms with van der Waals surface area (Å²) in [5.74, 6) is 0. The molecule has 1 atom stereocenters. The quantitative estimate of drug-likeness (QED) is 0.872. The standard InChI is InChI=1S/C12H15Cl2N3OS/c1-8(10-5-11(13)19-12(10)14)16-9-6-15-17(7-9)3-4-18-2/h5-8,16H,3-4H2,1-2H3. The molecule has 0 fully saturated rings. The van der Waals surface area contributed by atoms with Crippen molar-refractivity contribution in [3.8, 4) is 0 Å². The number of methoxy groups -OCH3 is 1. The maximum Gasteiger partial charge on any atom is 0.0996 e. The van der Waals surface area contributed by atoms with Gasteiger partial charge in [0.25, 0.3) is 0 Å². The predicted octanol–water partition coefficient (Wildman–Crippen LogP) is 4.07. The molecule has 2 heterocycles. The number of hydrogen-bond donors (Lipinski definition) is 1. The summed E-state index contributed by atoms with van der Waals surface area (Å²) >= 11 is 13.5. The van der Waals surface area contributed by atoms with E-state index >= 15 is 0 Å². The Kier molecular flexibility index (Phi) is 5.10. The first kappa shape index (κ1) is 14.7. The number of halogens is 2. The van der Waals surface area contributed by atoms with Crippen molar-refractivity contribution in [2.24, 2.45) is 0 Å². The summed E-state index contributed by atoms with van der Waals surface area (Å²) in [7, 11) is 1.67. The minimum absolute atomic E-state index is 0.0799. The van der Waals surface area contributed by atoms with Crippen molar-refractivity contribution < 1.29 is 4.74 Å². The molecule has 0 aliphatic heterocycles. The van der Waals surface area contributed by atoms with Gasteiger partial charge in [-0.1, -0.05) is 23.2 Å². The van der Waals surface area contributed by atoms with Gasteiger partial charge >= 0.3 is 0 Å². The molecule has 7 heteroatoms. The lowest BCUT2D eigenvalue weighted by Gasteiger charge is -2.12. The monoisotopic (exact) mass is 319 g/mol. The smallest absolute Gasteiger partial charge is 0.0996 e. The van der Waals surface area contributed by atoms with Crippen LogP contribution in [0.3, 0.4) is 0 Å². The van der Waals surface area contributed by atoms with Crippen LogP contribution in [0.4, 0.5) is 5.69 Å².